The Bertz CT molecular complexity index is 611. The minimum Gasteiger partial charge on any atom is -0.465 e. The van der Waals surface area contributed by atoms with E-state index in [1.807, 2.05) is 31.2 Å². The van der Waals surface area contributed by atoms with Crippen LogP contribution in [0.5, 0.6) is 0 Å². The van der Waals surface area contributed by atoms with Crippen LogP contribution < -0.4 is 5.32 Å². The van der Waals surface area contributed by atoms with Gasteiger partial charge in [0, 0.05) is 11.9 Å². The number of carbonyl (C=O) groups excluding carboxylic acids is 1. The maximum absolute atomic E-state index is 11.4. The van der Waals surface area contributed by atoms with Gasteiger partial charge in [-0.15, -0.1) is 0 Å². The highest BCUT2D eigenvalue weighted by Gasteiger charge is 2.11. The van der Waals surface area contributed by atoms with Crippen molar-refractivity contribution in [2.24, 2.45) is 0 Å². The number of hydrogen-bond donors (Lipinski definition) is 1. The van der Waals surface area contributed by atoms with Crippen LogP contribution in [0.15, 0.2) is 30.5 Å². The van der Waals surface area contributed by atoms with Crippen LogP contribution in [0.25, 0.3) is 0 Å². The predicted molar refractivity (Wildman–Crippen MR) is 72.6 cm³/mol. The van der Waals surface area contributed by atoms with Crippen LogP contribution in [0, 0.1) is 13.8 Å². The van der Waals surface area contributed by atoms with Gasteiger partial charge >= 0.3 is 5.97 Å². The van der Waals surface area contributed by atoms with Gasteiger partial charge in [0.2, 0.25) is 5.95 Å². The molecule has 0 aliphatic heterocycles. The van der Waals surface area contributed by atoms with Crippen LogP contribution in [0.1, 0.15) is 21.6 Å². The normalized spacial score (nSPS) is 10.1. The highest BCUT2D eigenvalue weighted by molar-refractivity contribution is 5.90. The summed E-state index contributed by atoms with van der Waals surface area (Å²) in [5.74, 6) is 0.0235. The fraction of sp³-hybridized carbons (Fsp3) is 0.214. The van der Waals surface area contributed by atoms with Crippen LogP contribution in [0.2, 0.25) is 0 Å². The summed E-state index contributed by atoms with van der Waals surface area (Å²) in [6.45, 7) is 3.76. The molecule has 0 aliphatic rings. The van der Waals surface area contributed by atoms with Crippen molar-refractivity contribution in [3.05, 3.63) is 47.3 Å². The maximum atomic E-state index is 11.4. The topological polar surface area (TPSA) is 64.1 Å². The van der Waals surface area contributed by atoms with E-state index in [0.29, 0.717) is 17.2 Å². The van der Waals surface area contributed by atoms with E-state index in [4.69, 9.17) is 0 Å². The number of rotatable bonds is 3. The van der Waals surface area contributed by atoms with E-state index in [2.05, 4.69) is 20.0 Å². The van der Waals surface area contributed by atoms with Gasteiger partial charge in [-0.1, -0.05) is 12.1 Å². The number of hydrogen-bond acceptors (Lipinski definition) is 5. The number of anilines is 2. The number of esters is 1. The van der Waals surface area contributed by atoms with Gasteiger partial charge in [0.15, 0.2) is 0 Å². The molecule has 0 atom stereocenters. The third-order valence-corrected chi connectivity index (χ3v) is 2.66. The molecular weight excluding hydrogens is 242 g/mol. The molecule has 2 rings (SSSR count). The lowest BCUT2D eigenvalue weighted by molar-refractivity contribution is 0.0599. The average Bonchev–Trinajstić information content (AvgIpc) is 2.38. The van der Waals surface area contributed by atoms with E-state index >= 15 is 0 Å². The molecule has 0 aliphatic carbocycles. The van der Waals surface area contributed by atoms with Crippen molar-refractivity contribution in [2.45, 2.75) is 13.8 Å². The maximum Gasteiger partial charge on any atom is 0.341 e. The first-order chi connectivity index (χ1) is 9.10. The summed E-state index contributed by atoms with van der Waals surface area (Å²) in [4.78, 5) is 19.8. The fourth-order valence-corrected chi connectivity index (χ4v) is 1.69. The molecule has 1 aromatic carbocycles. The number of carbonyl (C=O) groups is 1. The van der Waals surface area contributed by atoms with Gasteiger partial charge in [-0.3, -0.25) is 0 Å². The summed E-state index contributed by atoms with van der Waals surface area (Å²) in [6, 6.07) is 7.89. The van der Waals surface area contributed by atoms with Crippen molar-refractivity contribution in [3.63, 3.8) is 0 Å². The average molecular weight is 257 g/mol. The van der Waals surface area contributed by atoms with E-state index < -0.39 is 5.97 Å². The Morgan fingerprint density at radius 3 is 2.74 bits per heavy atom. The summed E-state index contributed by atoms with van der Waals surface area (Å²) in [7, 11) is 1.33. The Kier molecular flexibility index (Phi) is 3.75. The van der Waals surface area contributed by atoms with Crippen molar-refractivity contribution in [2.75, 3.05) is 12.4 Å². The molecule has 0 unspecified atom stereocenters. The SMILES string of the molecule is COC(=O)c1cnc(Nc2cccc(C)c2)nc1C. The number of nitrogens with zero attached hydrogens (tertiary/aromatic N) is 2. The fourth-order valence-electron chi connectivity index (χ4n) is 1.69. The lowest BCUT2D eigenvalue weighted by atomic mass is 10.2. The molecule has 1 aromatic heterocycles. The number of nitrogens with one attached hydrogen (secondary N) is 1. The second-order valence-electron chi connectivity index (χ2n) is 4.18. The van der Waals surface area contributed by atoms with E-state index in [0.717, 1.165) is 11.3 Å². The molecular formula is C14H15N3O2. The van der Waals surface area contributed by atoms with Gasteiger partial charge in [-0.2, -0.15) is 0 Å². The molecule has 0 saturated carbocycles. The molecule has 0 saturated heterocycles. The molecule has 19 heavy (non-hydrogen) atoms. The zero-order chi connectivity index (χ0) is 13.8. The number of aromatic nitrogens is 2. The highest BCUT2D eigenvalue weighted by Crippen LogP contribution is 2.15. The number of aryl methyl sites for hydroxylation is 2. The minimum absolute atomic E-state index is 0.372. The number of ether oxygens (including phenoxy) is 1. The molecule has 0 bridgehead atoms. The summed E-state index contributed by atoms with van der Waals surface area (Å²) in [6.07, 6.45) is 1.46. The summed E-state index contributed by atoms with van der Waals surface area (Å²) >= 11 is 0. The Hall–Kier alpha value is -2.43. The quantitative estimate of drug-likeness (QED) is 0.856. The number of benzene rings is 1. The molecule has 1 N–H and O–H groups in total. The molecule has 1 heterocycles. The predicted octanol–water partition coefficient (Wildman–Crippen LogP) is 2.62. The standard InChI is InChI=1S/C14H15N3O2/c1-9-5-4-6-11(7-9)17-14-15-8-12(10(2)16-14)13(18)19-3/h4-8H,1-3H3,(H,15,16,17). The summed E-state index contributed by atoms with van der Waals surface area (Å²) in [5.41, 5.74) is 3.01. The Morgan fingerprint density at radius 2 is 2.11 bits per heavy atom. The number of methoxy groups -OCH3 is 1. The Balaban J connectivity index is 2.23. The minimum atomic E-state index is -0.431. The van der Waals surface area contributed by atoms with Crippen molar-refractivity contribution in [1.82, 2.24) is 9.97 Å². The summed E-state index contributed by atoms with van der Waals surface area (Å²) in [5, 5.41) is 3.10. The second kappa shape index (κ2) is 5.48. The molecule has 0 spiro atoms. The van der Waals surface area contributed by atoms with Gasteiger partial charge in [-0.05, 0) is 31.5 Å². The van der Waals surface area contributed by atoms with E-state index in [1.54, 1.807) is 6.92 Å². The van der Waals surface area contributed by atoms with Gasteiger partial charge in [0.25, 0.3) is 0 Å². The van der Waals surface area contributed by atoms with Crippen molar-refractivity contribution in [3.8, 4) is 0 Å². The molecule has 2 aromatic rings. The van der Waals surface area contributed by atoms with Crippen LogP contribution in [0.3, 0.4) is 0 Å². The molecule has 98 valence electrons. The van der Waals surface area contributed by atoms with Crippen molar-refractivity contribution < 1.29 is 9.53 Å². The van der Waals surface area contributed by atoms with Gasteiger partial charge in [0.1, 0.15) is 0 Å². The zero-order valence-corrected chi connectivity index (χ0v) is 11.1. The van der Waals surface area contributed by atoms with Gasteiger partial charge < -0.3 is 10.1 Å². The van der Waals surface area contributed by atoms with Crippen molar-refractivity contribution >= 4 is 17.6 Å². The molecule has 0 amide bonds. The van der Waals surface area contributed by atoms with E-state index in [1.165, 1.54) is 13.3 Å². The second-order valence-corrected chi connectivity index (χ2v) is 4.18. The van der Waals surface area contributed by atoms with Gasteiger partial charge in [0.05, 0.1) is 18.4 Å². The molecule has 0 radical (unpaired) electrons. The first-order valence-corrected chi connectivity index (χ1v) is 5.86. The van der Waals surface area contributed by atoms with Gasteiger partial charge in [-0.25, -0.2) is 14.8 Å². The zero-order valence-electron chi connectivity index (χ0n) is 11.1. The lowest BCUT2D eigenvalue weighted by Gasteiger charge is -2.08. The Labute approximate surface area is 111 Å². The highest BCUT2D eigenvalue weighted by atomic mass is 16.5. The lowest BCUT2D eigenvalue weighted by Crippen LogP contribution is -2.08. The third kappa shape index (κ3) is 3.07. The van der Waals surface area contributed by atoms with Crippen LogP contribution in [-0.4, -0.2) is 23.0 Å². The molecule has 5 heteroatoms. The first-order valence-electron chi connectivity index (χ1n) is 5.86. The largest absolute Gasteiger partial charge is 0.465 e. The van der Waals surface area contributed by atoms with Crippen LogP contribution in [-0.2, 0) is 4.74 Å². The van der Waals surface area contributed by atoms with Crippen LogP contribution >= 0.6 is 0 Å². The third-order valence-electron chi connectivity index (χ3n) is 2.66. The summed E-state index contributed by atoms with van der Waals surface area (Å²) < 4.78 is 4.65. The monoisotopic (exact) mass is 257 g/mol. The Morgan fingerprint density at radius 1 is 1.32 bits per heavy atom. The van der Waals surface area contributed by atoms with Crippen molar-refractivity contribution in [1.29, 1.82) is 0 Å². The van der Waals surface area contributed by atoms with Crippen LogP contribution in [0.4, 0.5) is 11.6 Å². The smallest absolute Gasteiger partial charge is 0.341 e. The van der Waals surface area contributed by atoms with E-state index in [9.17, 15) is 4.79 Å². The van der Waals surface area contributed by atoms with E-state index in [-0.39, 0.29) is 0 Å². The molecule has 0 fully saturated rings. The first kappa shape index (κ1) is 13.0. The molecule has 5 nitrogen and oxygen atoms in total.